The number of hydrogen-bond donors (Lipinski definition) is 3. The third-order valence-electron chi connectivity index (χ3n) is 2.10. The topological polar surface area (TPSA) is 98.0 Å². The van der Waals surface area contributed by atoms with Crippen molar-refractivity contribution in [3.63, 3.8) is 0 Å². The van der Waals surface area contributed by atoms with Crippen LogP contribution in [0.4, 0.5) is 17.6 Å². The van der Waals surface area contributed by atoms with Crippen molar-refractivity contribution in [1.29, 1.82) is 0 Å². The van der Waals surface area contributed by atoms with Crippen LogP contribution >= 0.6 is 27.5 Å². The molecule has 9 heteroatoms. The molecule has 0 atom stereocenters. The molecule has 0 radical (unpaired) electrons. The van der Waals surface area contributed by atoms with Crippen molar-refractivity contribution in [3.8, 4) is 6.01 Å². The van der Waals surface area contributed by atoms with Crippen molar-refractivity contribution in [2.75, 3.05) is 17.9 Å². The molecule has 0 unspecified atom stereocenters. The minimum atomic E-state index is 0.149. The van der Waals surface area contributed by atoms with Crippen molar-refractivity contribution in [1.82, 2.24) is 15.0 Å². The van der Waals surface area contributed by atoms with E-state index >= 15 is 0 Å². The van der Waals surface area contributed by atoms with Crippen LogP contribution in [-0.4, -0.2) is 22.1 Å². The molecule has 0 aliphatic carbocycles. The Morgan fingerprint density at radius 2 is 2.00 bits per heavy atom. The minimum Gasteiger partial charge on any atom is -0.467 e. The highest BCUT2D eigenvalue weighted by atomic mass is 79.9. The number of aromatic nitrogens is 3. The Labute approximate surface area is 122 Å². The SMILES string of the molecule is COc1nc(NN)nc(Nc2ccc(Cl)cc2Br)n1. The van der Waals surface area contributed by atoms with Crippen molar-refractivity contribution in [2.45, 2.75) is 0 Å². The second-order valence-electron chi connectivity index (χ2n) is 3.36. The summed E-state index contributed by atoms with van der Waals surface area (Å²) in [6.45, 7) is 0. The van der Waals surface area contributed by atoms with Crippen LogP contribution in [0.1, 0.15) is 0 Å². The number of nitrogens with two attached hydrogens (primary N) is 1. The second-order valence-corrected chi connectivity index (χ2v) is 4.65. The average Bonchev–Trinajstić information content (AvgIpc) is 2.41. The molecule has 19 heavy (non-hydrogen) atoms. The molecule has 0 spiro atoms. The van der Waals surface area contributed by atoms with Crippen LogP contribution < -0.4 is 21.3 Å². The lowest BCUT2D eigenvalue weighted by atomic mass is 10.3. The lowest BCUT2D eigenvalue weighted by molar-refractivity contribution is 0.379. The quantitative estimate of drug-likeness (QED) is 0.578. The van der Waals surface area contributed by atoms with Gasteiger partial charge in [0, 0.05) is 9.50 Å². The summed E-state index contributed by atoms with van der Waals surface area (Å²) in [5.41, 5.74) is 3.09. The first-order chi connectivity index (χ1) is 9.12. The van der Waals surface area contributed by atoms with Gasteiger partial charge in [0.05, 0.1) is 12.8 Å². The fraction of sp³-hybridized carbons (Fsp3) is 0.100. The van der Waals surface area contributed by atoms with E-state index in [9.17, 15) is 0 Å². The number of hydrogen-bond acceptors (Lipinski definition) is 7. The molecule has 1 aromatic heterocycles. The van der Waals surface area contributed by atoms with E-state index in [1.165, 1.54) is 7.11 Å². The van der Waals surface area contributed by atoms with Gasteiger partial charge in [-0.1, -0.05) is 11.6 Å². The standard InChI is InChI=1S/C10H10BrClN6O/c1-19-10-16-8(15-9(17-10)18-13)14-7-3-2-5(12)4-6(7)11/h2-4H,13H2,1H3,(H2,14,15,16,17,18). The maximum atomic E-state index is 5.87. The number of halogens is 2. The smallest absolute Gasteiger partial charge is 0.322 e. The number of methoxy groups -OCH3 is 1. The molecule has 7 nitrogen and oxygen atoms in total. The summed E-state index contributed by atoms with van der Waals surface area (Å²) >= 11 is 9.26. The fourth-order valence-corrected chi connectivity index (χ4v) is 2.06. The zero-order chi connectivity index (χ0) is 13.8. The lowest BCUT2D eigenvalue weighted by Gasteiger charge is -2.09. The zero-order valence-corrected chi connectivity index (χ0v) is 12.2. The zero-order valence-electron chi connectivity index (χ0n) is 9.82. The largest absolute Gasteiger partial charge is 0.467 e. The molecular weight excluding hydrogens is 336 g/mol. The number of nitrogens with zero attached hydrogens (tertiary/aromatic N) is 3. The molecule has 2 aromatic rings. The van der Waals surface area contributed by atoms with Gasteiger partial charge in [-0.25, -0.2) is 5.84 Å². The fourth-order valence-electron chi connectivity index (χ4n) is 1.28. The highest BCUT2D eigenvalue weighted by Crippen LogP contribution is 2.28. The number of anilines is 3. The summed E-state index contributed by atoms with van der Waals surface area (Å²) in [5, 5.41) is 3.63. The number of hydrazine groups is 1. The summed E-state index contributed by atoms with van der Waals surface area (Å²) in [5.74, 6) is 5.76. The Hall–Kier alpha value is -1.64. The molecule has 1 heterocycles. The van der Waals surface area contributed by atoms with E-state index in [4.69, 9.17) is 22.2 Å². The van der Waals surface area contributed by atoms with Crippen molar-refractivity contribution in [3.05, 3.63) is 27.7 Å². The first-order valence-electron chi connectivity index (χ1n) is 5.11. The predicted octanol–water partition coefficient (Wildman–Crippen LogP) is 2.33. The van der Waals surface area contributed by atoms with Crippen LogP contribution in [0.5, 0.6) is 6.01 Å². The summed E-state index contributed by atoms with van der Waals surface area (Å²) in [7, 11) is 1.46. The van der Waals surface area contributed by atoms with Gasteiger partial charge in [-0.2, -0.15) is 15.0 Å². The predicted molar refractivity (Wildman–Crippen MR) is 76.6 cm³/mol. The van der Waals surface area contributed by atoms with Gasteiger partial charge >= 0.3 is 6.01 Å². The van der Waals surface area contributed by atoms with Gasteiger partial charge in [0.2, 0.25) is 11.9 Å². The molecule has 0 amide bonds. The van der Waals surface area contributed by atoms with Gasteiger partial charge in [-0.3, -0.25) is 5.43 Å². The van der Waals surface area contributed by atoms with Gasteiger partial charge in [-0.15, -0.1) is 0 Å². The highest BCUT2D eigenvalue weighted by Gasteiger charge is 2.08. The van der Waals surface area contributed by atoms with E-state index in [0.29, 0.717) is 11.0 Å². The third kappa shape index (κ3) is 3.43. The molecule has 0 saturated heterocycles. The van der Waals surface area contributed by atoms with Crippen molar-refractivity contribution < 1.29 is 4.74 Å². The third-order valence-corrected chi connectivity index (χ3v) is 3.00. The lowest BCUT2D eigenvalue weighted by Crippen LogP contribution is -2.13. The molecule has 2 rings (SSSR count). The Balaban J connectivity index is 2.31. The molecule has 0 fully saturated rings. The Morgan fingerprint density at radius 3 is 2.63 bits per heavy atom. The maximum absolute atomic E-state index is 5.87. The molecule has 100 valence electrons. The van der Waals surface area contributed by atoms with E-state index in [1.807, 2.05) is 0 Å². The van der Waals surface area contributed by atoms with E-state index in [-0.39, 0.29) is 12.0 Å². The Morgan fingerprint density at radius 1 is 1.26 bits per heavy atom. The van der Waals surface area contributed by atoms with Crippen LogP contribution in [0.15, 0.2) is 22.7 Å². The van der Waals surface area contributed by atoms with Crippen LogP contribution in [-0.2, 0) is 0 Å². The van der Waals surface area contributed by atoms with Crippen LogP contribution in [0, 0.1) is 0 Å². The van der Waals surface area contributed by atoms with Crippen LogP contribution in [0.3, 0.4) is 0 Å². The highest BCUT2D eigenvalue weighted by molar-refractivity contribution is 9.10. The van der Waals surface area contributed by atoms with E-state index in [1.54, 1.807) is 18.2 Å². The normalized spacial score (nSPS) is 10.1. The van der Waals surface area contributed by atoms with Crippen LogP contribution in [0.2, 0.25) is 5.02 Å². The maximum Gasteiger partial charge on any atom is 0.322 e. The van der Waals surface area contributed by atoms with Gasteiger partial charge in [0.15, 0.2) is 0 Å². The number of benzene rings is 1. The van der Waals surface area contributed by atoms with E-state index in [2.05, 4.69) is 41.6 Å². The molecule has 0 bridgehead atoms. The van der Waals surface area contributed by atoms with Gasteiger partial charge in [0.25, 0.3) is 0 Å². The summed E-state index contributed by atoms with van der Waals surface area (Å²) < 4.78 is 5.73. The Kier molecular flexibility index (Phi) is 4.35. The minimum absolute atomic E-state index is 0.149. The average molecular weight is 346 g/mol. The molecule has 4 N–H and O–H groups in total. The molecule has 0 saturated carbocycles. The van der Waals surface area contributed by atoms with Gasteiger partial charge < -0.3 is 10.1 Å². The van der Waals surface area contributed by atoms with Crippen molar-refractivity contribution >= 4 is 45.1 Å². The summed E-state index contributed by atoms with van der Waals surface area (Å²) in [6.07, 6.45) is 0. The van der Waals surface area contributed by atoms with Crippen molar-refractivity contribution in [2.24, 2.45) is 5.84 Å². The molecule has 0 aliphatic heterocycles. The monoisotopic (exact) mass is 344 g/mol. The van der Waals surface area contributed by atoms with Crippen LogP contribution in [0.25, 0.3) is 0 Å². The molecule has 0 aliphatic rings. The number of nitrogen functional groups attached to an aromatic ring is 1. The molecular formula is C10H10BrClN6O. The first kappa shape index (κ1) is 13.8. The van der Waals surface area contributed by atoms with E-state index in [0.717, 1.165) is 10.2 Å². The first-order valence-corrected chi connectivity index (χ1v) is 6.28. The molecule has 1 aromatic carbocycles. The Bertz CT molecular complexity index is 574. The van der Waals surface area contributed by atoms with Gasteiger partial charge in [0.1, 0.15) is 0 Å². The number of rotatable bonds is 4. The number of ether oxygens (including phenoxy) is 1. The number of nitrogens with one attached hydrogen (secondary N) is 2. The summed E-state index contributed by atoms with van der Waals surface area (Å²) in [4.78, 5) is 12.0. The van der Waals surface area contributed by atoms with E-state index < -0.39 is 0 Å². The summed E-state index contributed by atoms with van der Waals surface area (Å²) in [6, 6.07) is 5.44. The van der Waals surface area contributed by atoms with Gasteiger partial charge in [-0.05, 0) is 34.1 Å². The second kappa shape index (κ2) is 6.00.